The van der Waals surface area contributed by atoms with Crippen LogP contribution in [0.4, 0.5) is 0 Å². The predicted molar refractivity (Wildman–Crippen MR) is 98.9 cm³/mol. The topological polar surface area (TPSA) is 40.5 Å². The van der Waals surface area contributed by atoms with E-state index in [-0.39, 0.29) is 5.75 Å². The van der Waals surface area contributed by atoms with Gasteiger partial charge in [-0.05, 0) is 56.2 Å². The molecule has 2 unspecified atom stereocenters. The Kier molecular flexibility index (Phi) is 4.44. The highest BCUT2D eigenvalue weighted by Crippen LogP contribution is 2.40. The molecule has 0 spiro atoms. The zero-order valence-corrected chi connectivity index (χ0v) is 15.2. The third kappa shape index (κ3) is 3.02. The molecule has 2 heterocycles. The molecule has 1 saturated carbocycles. The van der Waals surface area contributed by atoms with Crippen LogP contribution in [-0.2, 0) is 11.2 Å². The summed E-state index contributed by atoms with van der Waals surface area (Å²) < 4.78 is 1.05. The van der Waals surface area contributed by atoms with Crippen LogP contribution in [0.2, 0.25) is 5.02 Å². The van der Waals surface area contributed by atoms with Gasteiger partial charge in [0.05, 0.1) is 5.02 Å². The minimum atomic E-state index is 0.289. The van der Waals surface area contributed by atoms with Crippen molar-refractivity contribution in [3.05, 3.63) is 28.1 Å². The summed E-state index contributed by atoms with van der Waals surface area (Å²) in [6.45, 7) is 0.944. The Balaban J connectivity index is 1.50. The van der Waals surface area contributed by atoms with Gasteiger partial charge in [-0.2, -0.15) is 0 Å². The first-order valence-electron chi connectivity index (χ1n) is 8.81. The predicted octanol–water partition coefficient (Wildman–Crippen LogP) is 4.98. The van der Waals surface area contributed by atoms with Crippen LogP contribution < -0.4 is 0 Å². The first-order chi connectivity index (χ1) is 11.6. The van der Waals surface area contributed by atoms with Gasteiger partial charge in [-0.1, -0.05) is 18.0 Å². The Morgan fingerprint density at radius 2 is 2.17 bits per heavy atom. The molecular formula is C19H22ClNO2S. The molecule has 2 fully saturated rings. The van der Waals surface area contributed by atoms with E-state index in [1.54, 1.807) is 23.5 Å². The fourth-order valence-corrected chi connectivity index (χ4v) is 5.94. The number of carbonyl (C=O) groups is 1. The van der Waals surface area contributed by atoms with Gasteiger partial charge in [0.15, 0.2) is 0 Å². The summed E-state index contributed by atoms with van der Waals surface area (Å²) in [5, 5.41) is 11.5. The van der Waals surface area contributed by atoms with E-state index >= 15 is 0 Å². The van der Waals surface area contributed by atoms with E-state index in [9.17, 15) is 9.90 Å². The summed E-state index contributed by atoms with van der Waals surface area (Å²) in [4.78, 5) is 15.4. The van der Waals surface area contributed by atoms with Crippen LogP contribution in [0.3, 0.4) is 0 Å². The maximum Gasteiger partial charge on any atom is 0.222 e. The average molecular weight is 364 g/mol. The molecule has 1 aliphatic carbocycles. The first-order valence-corrected chi connectivity index (χ1v) is 10.0. The quantitative estimate of drug-likeness (QED) is 0.835. The van der Waals surface area contributed by atoms with Gasteiger partial charge in [-0.3, -0.25) is 4.79 Å². The molecule has 2 atom stereocenters. The van der Waals surface area contributed by atoms with E-state index < -0.39 is 0 Å². The molecule has 2 aliphatic rings. The first kappa shape index (κ1) is 16.2. The molecule has 5 heteroatoms. The Morgan fingerprint density at radius 3 is 2.96 bits per heavy atom. The third-order valence-electron chi connectivity index (χ3n) is 5.46. The minimum Gasteiger partial charge on any atom is -0.508 e. The fraction of sp³-hybridized carbons (Fsp3) is 0.526. The molecule has 1 aromatic heterocycles. The maximum absolute atomic E-state index is 12.0. The fourth-order valence-electron chi connectivity index (χ4n) is 4.28. The zero-order valence-electron chi connectivity index (χ0n) is 13.6. The van der Waals surface area contributed by atoms with Gasteiger partial charge in [0, 0.05) is 34.0 Å². The van der Waals surface area contributed by atoms with Crippen molar-refractivity contribution in [2.24, 2.45) is 5.92 Å². The standard InChI is InChI=1S/C19H22ClNO2S/c20-19-15-7-6-14(22)11-16(15)24-17(19)10-12-3-1-4-13(9-12)21-8-2-5-18(21)23/h6-7,11-13,22H,1-5,8-10H2. The van der Waals surface area contributed by atoms with Crippen molar-refractivity contribution in [2.45, 2.75) is 51.0 Å². The average Bonchev–Trinajstić information content (AvgIpc) is 3.12. The van der Waals surface area contributed by atoms with Crippen molar-refractivity contribution in [1.29, 1.82) is 0 Å². The highest BCUT2D eigenvalue weighted by Gasteiger charge is 2.32. The van der Waals surface area contributed by atoms with Crippen LogP contribution >= 0.6 is 22.9 Å². The van der Waals surface area contributed by atoms with Crippen LogP contribution in [0.5, 0.6) is 5.75 Å². The molecule has 128 valence electrons. The number of aromatic hydroxyl groups is 1. The Morgan fingerprint density at radius 1 is 1.29 bits per heavy atom. The number of hydrogen-bond acceptors (Lipinski definition) is 3. The molecule has 4 rings (SSSR count). The third-order valence-corrected chi connectivity index (χ3v) is 7.18. The van der Waals surface area contributed by atoms with Gasteiger partial charge < -0.3 is 10.0 Å². The van der Waals surface area contributed by atoms with Crippen molar-refractivity contribution < 1.29 is 9.90 Å². The number of benzene rings is 1. The molecule has 0 bridgehead atoms. The van der Waals surface area contributed by atoms with Crippen LogP contribution in [0.1, 0.15) is 43.4 Å². The Labute approximate surface area is 151 Å². The number of fused-ring (bicyclic) bond motifs is 1. The lowest BCUT2D eigenvalue weighted by Gasteiger charge is -2.35. The van der Waals surface area contributed by atoms with Crippen LogP contribution in [0.25, 0.3) is 10.1 Å². The number of phenolic OH excluding ortho intramolecular Hbond substituents is 1. The largest absolute Gasteiger partial charge is 0.508 e. The van der Waals surface area contributed by atoms with Crippen molar-refractivity contribution in [2.75, 3.05) is 6.54 Å². The second kappa shape index (κ2) is 6.57. The maximum atomic E-state index is 12.0. The molecule has 0 radical (unpaired) electrons. The number of nitrogens with zero attached hydrogens (tertiary/aromatic N) is 1. The lowest BCUT2D eigenvalue weighted by molar-refractivity contribution is -0.130. The normalized spacial score (nSPS) is 24.9. The Hall–Kier alpha value is -1.26. The summed E-state index contributed by atoms with van der Waals surface area (Å²) in [6.07, 6.45) is 7.39. The lowest BCUT2D eigenvalue weighted by Crippen LogP contribution is -2.39. The molecule has 1 amide bonds. The Bertz CT molecular complexity index is 772. The smallest absolute Gasteiger partial charge is 0.222 e. The molecular weight excluding hydrogens is 342 g/mol. The van der Waals surface area contributed by atoms with Gasteiger partial charge >= 0.3 is 0 Å². The van der Waals surface area contributed by atoms with E-state index in [4.69, 9.17) is 11.6 Å². The molecule has 24 heavy (non-hydrogen) atoms. The van der Waals surface area contributed by atoms with E-state index in [2.05, 4.69) is 4.90 Å². The zero-order chi connectivity index (χ0) is 16.7. The van der Waals surface area contributed by atoms with E-state index in [0.29, 0.717) is 17.9 Å². The highest BCUT2D eigenvalue weighted by atomic mass is 35.5. The van der Waals surface area contributed by atoms with Gasteiger partial charge in [0.2, 0.25) is 5.91 Å². The van der Waals surface area contributed by atoms with Crippen molar-refractivity contribution in [1.82, 2.24) is 4.90 Å². The summed E-state index contributed by atoms with van der Waals surface area (Å²) >= 11 is 8.27. The molecule has 1 aliphatic heterocycles. The SMILES string of the molecule is O=C1CCCN1C1CCCC(Cc2sc3cc(O)ccc3c2Cl)C1. The van der Waals surface area contributed by atoms with Crippen LogP contribution in [-0.4, -0.2) is 28.5 Å². The van der Waals surface area contributed by atoms with E-state index in [1.807, 2.05) is 6.07 Å². The van der Waals surface area contributed by atoms with Crippen LogP contribution in [0, 0.1) is 5.92 Å². The van der Waals surface area contributed by atoms with E-state index in [1.165, 1.54) is 17.7 Å². The van der Waals surface area contributed by atoms with Crippen molar-refractivity contribution in [3.63, 3.8) is 0 Å². The van der Waals surface area contributed by atoms with Crippen molar-refractivity contribution >= 4 is 38.9 Å². The summed E-state index contributed by atoms with van der Waals surface area (Å²) in [7, 11) is 0. The molecule has 3 nitrogen and oxygen atoms in total. The summed E-state index contributed by atoms with van der Waals surface area (Å²) in [5.41, 5.74) is 0. The molecule has 1 N–H and O–H groups in total. The monoisotopic (exact) mass is 363 g/mol. The number of rotatable bonds is 3. The number of likely N-dealkylation sites (tertiary alicyclic amines) is 1. The molecule has 1 aromatic carbocycles. The summed E-state index contributed by atoms with van der Waals surface area (Å²) in [6, 6.07) is 5.82. The second-order valence-corrected chi connectivity index (χ2v) is 8.62. The van der Waals surface area contributed by atoms with E-state index in [0.717, 1.165) is 53.8 Å². The number of phenols is 1. The van der Waals surface area contributed by atoms with Gasteiger partial charge in [-0.25, -0.2) is 0 Å². The van der Waals surface area contributed by atoms with Gasteiger partial charge in [0.1, 0.15) is 5.75 Å². The summed E-state index contributed by atoms with van der Waals surface area (Å²) in [5.74, 6) is 1.23. The number of hydrogen-bond donors (Lipinski definition) is 1. The number of thiophene rings is 1. The van der Waals surface area contributed by atoms with Crippen LogP contribution in [0.15, 0.2) is 18.2 Å². The minimum absolute atomic E-state index is 0.289. The van der Waals surface area contributed by atoms with Crippen molar-refractivity contribution in [3.8, 4) is 5.75 Å². The molecule has 1 saturated heterocycles. The lowest BCUT2D eigenvalue weighted by atomic mass is 9.83. The second-order valence-electron chi connectivity index (χ2n) is 7.10. The number of amides is 1. The van der Waals surface area contributed by atoms with Gasteiger partial charge in [0.25, 0.3) is 0 Å². The highest BCUT2D eigenvalue weighted by molar-refractivity contribution is 7.19. The number of carbonyl (C=O) groups excluding carboxylic acids is 1. The molecule has 2 aromatic rings. The van der Waals surface area contributed by atoms with Gasteiger partial charge in [-0.15, -0.1) is 11.3 Å². The number of halogens is 1.